The highest BCUT2D eigenvalue weighted by Crippen LogP contribution is 2.24. The molecule has 2 aromatic carbocycles. The van der Waals surface area contributed by atoms with E-state index < -0.39 is 4.65 Å². The first kappa shape index (κ1) is 22.2. The lowest BCUT2D eigenvalue weighted by Crippen LogP contribution is -2.55. The summed E-state index contributed by atoms with van der Waals surface area (Å²) in [5, 5.41) is 21.8. The van der Waals surface area contributed by atoms with Crippen LogP contribution in [0.2, 0.25) is 0 Å². The number of hydroxylamine groups is 3. The maximum atomic E-state index is 13.3. The molecule has 1 N–H and O–H groups in total. The van der Waals surface area contributed by atoms with Gasteiger partial charge in [-0.3, -0.25) is 4.79 Å². The van der Waals surface area contributed by atoms with Crippen LogP contribution >= 0.6 is 0 Å². The van der Waals surface area contributed by atoms with Gasteiger partial charge in [-0.25, -0.2) is 4.39 Å². The number of benzene rings is 2. The quantitative estimate of drug-likeness (QED) is 0.531. The van der Waals surface area contributed by atoms with Crippen molar-refractivity contribution in [3.05, 3.63) is 70.7 Å². The number of halogens is 1. The number of amides is 1. The van der Waals surface area contributed by atoms with Gasteiger partial charge in [0.05, 0.1) is 33.2 Å². The van der Waals surface area contributed by atoms with Gasteiger partial charge in [-0.05, 0) is 35.4 Å². The highest BCUT2D eigenvalue weighted by Gasteiger charge is 2.32. The molecule has 162 valence electrons. The number of aliphatic hydroxyl groups excluding tert-OH is 1. The number of ether oxygens (including phenoxy) is 1. The molecule has 0 saturated carbocycles. The topological polar surface area (TPSA) is 72.8 Å². The van der Waals surface area contributed by atoms with Gasteiger partial charge < -0.3 is 24.6 Å². The fraction of sp³-hybridized carbons (Fsp3) is 0.435. The molecule has 1 heterocycles. The smallest absolute Gasteiger partial charge is 0.227 e. The number of rotatable bonds is 8. The predicted octanol–water partition coefficient (Wildman–Crippen LogP) is 2.87. The summed E-state index contributed by atoms with van der Waals surface area (Å²) >= 11 is 0. The van der Waals surface area contributed by atoms with E-state index in [0.717, 1.165) is 16.9 Å². The molecule has 1 aliphatic rings. The van der Waals surface area contributed by atoms with Crippen molar-refractivity contribution in [1.82, 2.24) is 4.90 Å². The summed E-state index contributed by atoms with van der Waals surface area (Å²) in [5.41, 5.74) is 1.73. The van der Waals surface area contributed by atoms with Crippen LogP contribution in [0.15, 0.2) is 48.5 Å². The van der Waals surface area contributed by atoms with Crippen molar-refractivity contribution < 1.29 is 23.7 Å². The molecule has 1 saturated heterocycles. The van der Waals surface area contributed by atoms with Gasteiger partial charge in [0.15, 0.2) is 0 Å². The lowest BCUT2D eigenvalue weighted by molar-refractivity contribution is -0.886. The Morgan fingerprint density at radius 1 is 1.13 bits per heavy atom. The molecule has 3 rings (SSSR count). The van der Waals surface area contributed by atoms with Gasteiger partial charge in [-0.2, -0.15) is 0 Å². The third-order valence-corrected chi connectivity index (χ3v) is 5.79. The van der Waals surface area contributed by atoms with E-state index in [4.69, 9.17) is 9.84 Å². The Morgan fingerprint density at radius 3 is 2.30 bits per heavy atom. The second-order valence-electron chi connectivity index (χ2n) is 7.86. The Bertz CT molecular complexity index is 818. The molecule has 2 aromatic rings. The second kappa shape index (κ2) is 10.0. The molecule has 30 heavy (non-hydrogen) atoms. The number of likely N-dealkylation sites (tertiary alicyclic amines) is 1. The van der Waals surface area contributed by atoms with E-state index in [1.54, 1.807) is 19.2 Å². The Hall–Kier alpha value is -2.48. The zero-order chi connectivity index (χ0) is 21.6. The van der Waals surface area contributed by atoms with Gasteiger partial charge in [0.2, 0.25) is 5.91 Å². The molecule has 0 aromatic heterocycles. The minimum Gasteiger partial charge on any atom is -0.633 e. The molecule has 0 radical (unpaired) electrons. The summed E-state index contributed by atoms with van der Waals surface area (Å²) in [4.78, 5) is 15.0. The highest BCUT2D eigenvalue weighted by molar-refractivity contribution is 5.79. The summed E-state index contributed by atoms with van der Waals surface area (Å²) in [6.45, 7) is 1.18. The summed E-state index contributed by atoms with van der Waals surface area (Å²) in [6.07, 6.45) is 1.41. The van der Waals surface area contributed by atoms with E-state index in [9.17, 15) is 14.4 Å². The average Bonchev–Trinajstić information content (AvgIpc) is 2.75. The number of piperidine rings is 1. The van der Waals surface area contributed by atoms with Gasteiger partial charge in [-0.15, -0.1) is 0 Å². The molecule has 1 aliphatic heterocycles. The van der Waals surface area contributed by atoms with Crippen LogP contribution in [0, 0.1) is 11.0 Å². The summed E-state index contributed by atoms with van der Waals surface area (Å²) in [6, 6.07) is 13.5. The molecule has 6 nitrogen and oxygen atoms in total. The van der Waals surface area contributed by atoms with E-state index in [1.807, 2.05) is 29.2 Å². The number of carbonyl (C=O) groups is 1. The molecule has 0 unspecified atom stereocenters. The van der Waals surface area contributed by atoms with Crippen molar-refractivity contribution in [1.29, 1.82) is 0 Å². The van der Waals surface area contributed by atoms with Crippen molar-refractivity contribution in [3.8, 4) is 5.75 Å². The number of hydrogen-bond acceptors (Lipinski definition) is 4. The van der Waals surface area contributed by atoms with Crippen molar-refractivity contribution >= 4 is 5.91 Å². The number of carbonyl (C=O) groups excluding carboxylic acids is 1. The molecule has 0 atom stereocenters. The molecule has 1 amide bonds. The van der Waals surface area contributed by atoms with Crippen LogP contribution in [0.3, 0.4) is 0 Å². The number of aliphatic hydroxyl groups is 1. The largest absolute Gasteiger partial charge is 0.633 e. The van der Waals surface area contributed by atoms with E-state index in [2.05, 4.69) is 0 Å². The molecule has 1 fully saturated rings. The Labute approximate surface area is 176 Å². The van der Waals surface area contributed by atoms with Crippen molar-refractivity contribution in [2.75, 3.05) is 33.4 Å². The fourth-order valence-electron chi connectivity index (χ4n) is 3.97. The third kappa shape index (κ3) is 5.78. The minimum atomic E-state index is -0.413. The summed E-state index contributed by atoms with van der Waals surface area (Å²) < 4.78 is 18.1. The maximum absolute atomic E-state index is 13.3. The third-order valence-electron chi connectivity index (χ3n) is 5.79. The van der Waals surface area contributed by atoms with E-state index in [-0.39, 0.29) is 37.3 Å². The van der Waals surface area contributed by atoms with Crippen LogP contribution in [-0.4, -0.2) is 60.0 Å². The van der Waals surface area contributed by atoms with E-state index in [1.165, 1.54) is 12.1 Å². The van der Waals surface area contributed by atoms with Gasteiger partial charge >= 0.3 is 0 Å². The van der Waals surface area contributed by atoms with Crippen LogP contribution in [0.25, 0.3) is 0 Å². The van der Waals surface area contributed by atoms with Gasteiger partial charge in [0, 0.05) is 25.4 Å². The van der Waals surface area contributed by atoms with Crippen molar-refractivity contribution in [2.45, 2.75) is 31.8 Å². The number of nitrogens with zero attached hydrogens (tertiary/aromatic N) is 2. The van der Waals surface area contributed by atoms with Crippen LogP contribution in [0.5, 0.6) is 5.75 Å². The fourth-order valence-corrected chi connectivity index (χ4v) is 3.97. The number of quaternary nitrogens is 1. The van der Waals surface area contributed by atoms with Crippen LogP contribution in [0.4, 0.5) is 4.39 Å². The van der Waals surface area contributed by atoms with Crippen molar-refractivity contribution in [2.24, 2.45) is 0 Å². The highest BCUT2D eigenvalue weighted by atomic mass is 19.1. The number of methoxy groups -OCH3 is 1. The monoisotopic (exact) mass is 416 g/mol. The maximum Gasteiger partial charge on any atom is 0.227 e. The number of hydrogen-bond donors (Lipinski definition) is 1. The first-order chi connectivity index (χ1) is 14.4. The van der Waals surface area contributed by atoms with Crippen LogP contribution in [0.1, 0.15) is 24.0 Å². The zero-order valence-electron chi connectivity index (χ0n) is 17.3. The van der Waals surface area contributed by atoms with E-state index in [0.29, 0.717) is 32.5 Å². The lowest BCUT2D eigenvalue weighted by Gasteiger charge is -2.49. The average molecular weight is 416 g/mol. The van der Waals surface area contributed by atoms with Gasteiger partial charge in [0.1, 0.15) is 18.1 Å². The Balaban J connectivity index is 1.74. The van der Waals surface area contributed by atoms with Crippen LogP contribution < -0.4 is 4.74 Å². The van der Waals surface area contributed by atoms with Gasteiger partial charge in [-0.1, -0.05) is 24.3 Å². The second-order valence-corrected chi connectivity index (χ2v) is 7.86. The standard InChI is InChI=1S/C23H29FN2O4/c1-30-22-8-4-18(5-9-22)16-23(28)25(17-19-2-6-20(24)7-3-19)21-10-12-26(29,13-11-21)14-15-27/h2-9,21,27H,10-17H2,1H3. The molecule has 0 spiro atoms. The summed E-state index contributed by atoms with van der Waals surface area (Å²) in [7, 11) is 1.60. The normalized spacial score (nSPS) is 21.3. The molecule has 0 aliphatic carbocycles. The molecular formula is C23H29FN2O4. The molecular weight excluding hydrogens is 387 g/mol. The summed E-state index contributed by atoms with van der Waals surface area (Å²) in [5.74, 6) is 0.391. The molecule has 7 heteroatoms. The predicted molar refractivity (Wildman–Crippen MR) is 112 cm³/mol. The Kier molecular flexibility index (Phi) is 7.42. The van der Waals surface area contributed by atoms with Gasteiger partial charge in [0.25, 0.3) is 0 Å². The zero-order valence-corrected chi connectivity index (χ0v) is 17.3. The van der Waals surface area contributed by atoms with Crippen molar-refractivity contribution in [3.63, 3.8) is 0 Å². The first-order valence-electron chi connectivity index (χ1n) is 10.3. The lowest BCUT2D eigenvalue weighted by atomic mass is 10.00. The first-order valence-corrected chi connectivity index (χ1v) is 10.3. The molecule has 0 bridgehead atoms. The minimum absolute atomic E-state index is 0.0254. The van der Waals surface area contributed by atoms with E-state index >= 15 is 0 Å². The SMILES string of the molecule is COc1ccc(CC(=O)N(Cc2ccc(F)cc2)C2CC[N+]([O-])(CCO)CC2)cc1. The Morgan fingerprint density at radius 2 is 1.73 bits per heavy atom. The van der Waals surface area contributed by atoms with Crippen LogP contribution in [-0.2, 0) is 17.8 Å².